The lowest BCUT2D eigenvalue weighted by molar-refractivity contribution is 0.209. The Kier molecular flexibility index (Phi) is 7.79. The van der Waals surface area contributed by atoms with Crippen LogP contribution in [0.5, 0.6) is 0 Å². The van der Waals surface area contributed by atoms with Crippen molar-refractivity contribution in [2.24, 2.45) is 0 Å². The average molecular weight is 353 g/mol. The molecule has 0 aliphatic rings. The number of rotatable bonds is 6. The first-order valence-electron chi connectivity index (χ1n) is 8.88. The highest BCUT2D eigenvalue weighted by Gasteiger charge is 2.16. The Bertz CT molecular complexity index is 748. The minimum Gasteiger partial charge on any atom is -0.384 e. The molecule has 1 unspecified atom stereocenters. The minimum absolute atomic E-state index is 0.595. The van der Waals surface area contributed by atoms with Crippen LogP contribution in [0.25, 0.3) is 0 Å². The lowest BCUT2D eigenvalue weighted by Gasteiger charge is -2.18. The van der Waals surface area contributed by atoms with E-state index in [2.05, 4.69) is 25.7 Å². The van der Waals surface area contributed by atoms with Gasteiger partial charge in [0.2, 0.25) is 0 Å². The molecule has 0 aliphatic heterocycles. The number of aliphatic hydroxyl groups is 1. The number of hydrogen-bond acceptors (Lipinski definition) is 1. The maximum Gasteiger partial charge on any atom is 0.101 e. The third-order valence-corrected chi connectivity index (χ3v) is 4.31. The zero-order valence-corrected chi connectivity index (χ0v) is 15.7. The second kappa shape index (κ2) is 10.1. The van der Waals surface area contributed by atoms with Crippen LogP contribution >= 0.6 is 11.6 Å². The monoisotopic (exact) mass is 352 g/mol. The Morgan fingerprint density at radius 3 is 2.20 bits per heavy atom. The standard InChI is InChI=1S/C23H25ClO/c1-3-8-19(15-12-18-13-16-21(24)17-14-18)22(9-4-2)23(25)20-10-6-5-7-11-20/h5-7,10-11,13-14,16-17,23,25H,3-4,8-9H2,1-2H3/b22-19-. The topological polar surface area (TPSA) is 20.2 Å². The molecule has 2 aromatic carbocycles. The average Bonchev–Trinajstić information content (AvgIpc) is 2.65. The van der Waals surface area contributed by atoms with Crippen LogP contribution in [-0.4, -0.2) is 5.11 Å². The highest BCUT2D eigenvalue weighted by Crippen LogP contribution is 2.29. The van der Waals surface area contributed by atoms with Crippen molar-refractivity contribution < 1.29 is 5.11 Å². The third kappa shape index (κ3) is 5.78. The van der Waals surface area contributed by atoms with Crippen LogP contribution in [-0.2, 0) is 0 Å². The van der Waals surface area contributed by atoms with E-state index in [1.807, 2.05) is 54.6 Å². The third-order valence-electron chi connectivity index (χ3n) is 4.05. The number of benzene rings is 2. The lowest BCUT2D eigenvalue weighted by atomic mass is 9.91. The molecule has 2 rings (SSSR count). The van der Waals surface area contributed by atoms with Crippen molar-refractivity contribution in [3.05, 3.63) is 81.9 Å². The van der Waals surface area contributed by atoms with Crippen LogP contribution in [0.1, 0.15) is 56.8 Å². The van der Waals surface area contributed by atoms with E-state index in [-0.39, 0.29) is 0 Å². The van der Waals surface area contributed by atoms with Gasteiger partial charge in [-0.2, -0.15) is 0 Å². The summed E-state index contributed by atoms with van der Waals surface area (Å²) in [4.78, 5) is 0. The fourth-order valence-corrected chi connectivity index (χ4v) is 2.92. The van der Waals surface area contributed by atoms with Gasteiger partial charge in [-0.05, 0) is 48.2 Å². The first-order chi connectivity index (χ1) is 12.2. The summed E-state index contributed by atoms with van der Waals surface area (Å²) in [5.41, 5.74) is 3.95. The lowest BCUT2D eigenvalue weighted by Crippen LogP contribution is -2.05. The van der Waals surface area contributed by atoms with E-state index >= 15 is 0 Å². The summed E-state index contributed by atoms with van der Waals surface area (Å²) in [6, 6.07) is 17.4. The quantitative estimate of drug-likeness (QED) is 0.603. The summed E-state index contributed by atoms with van der Waals surface area (Å²) in [5.74, 6) is 6.54. The van der Waals surface area contributed by atoms with E-state index in [1.54, 1.807) is 0 Å². The molecule has 0 amide bonds. The van der Waals surface area contributed by atoms with Gasteiger partial charge in [-0.25, -0.2) is 0 Å². The van der Waals surface area contributed by atoms with Gasteiger partial charge in [0.05, 0.1) is 0 Å². The molecule has 0 aromatic heterocycles. The van der Waals surface area contributed by atoms with Gasteiger partial charge in [0.25, 0.3) is 0 Å². The second-order valence-electron chi connectivity index (χ2n) is 6.07. The minimum atomic E-state index is -0.595. The molecule has 0 aliphatic carbocycles. The van der Waals surface area contributed by atoms with E-state index in [0.29, 0.717) is 5.02 Å². The summed E-state index contributed by atoms with van der Waals surface area (Å²) in [6.07, 6.45) is 3.11. The Morgan fingerprint density at radius 1 is 0.960 bits per heavy atom. The number of hydrogen-bond donors (Lipinski definition) is 1. The zero-order valence-electron chi connectivity index (χ0n) is 14.9. The molecule has 0 saturated heterocycles. The van der Waals surface area contributed by atoms with Crippen LogP contribution in [0.2, 0.25) is 5.02 Å². The Hall–Kier alpha value is -2.01. The highest BCUT2D eigenvalue weighted by atomic mass is 35.5. The molecule has 0 saturated carbocycles. The summed E-state index contributed by atoms with van der Waals surface area (Å²) >= 11 is 5.93. The van der Waals surface area contributed by atoms with Gasteiger partial charge in [0.1, 0.15) is 6.10 Å². The number of aliphatic hydroxyl groups excluding tert-OH is 1. The Labute approximate surface area is 156 Å². The molecule has 0 spiro atoms. The SMILES string of the molecule is CCC/C(C#Cc1ccc(Cl)cc1)=C(\CCC)C(O)c1ccccc1. The van der Waals surface area contributed by atoms with Crippen molar-refractivity contribution in [1.82, 2.24) is 0 Å². The fourth-order valence-electron chi connectivity index (χ4n) is 2.79. The zero-order chi connectivity index (χ0) is 18.1. The van der Waals surface area contributed by atoms with E-state index in [9.17, 15) is 5.11 Å². The van der Waals surface area contributed by atoms with E-state index in [1.165, 1.54) is 0 Å². The first-order valence-corrected chi connectivity index (χ1v) is 9.26. The van der Waals surface area contributed by atoms with Crippen molar-refractivity contribution >= 4 is 11.6 Å². The maximum absolute atomic E-state index is 10.9. The van der Waals surface area contributed by atoms with Crippen LogP contribution in [0, 0.1) is 11.8 Å². The molecule has 130 valence electrons. The fraction of sp³-hybridized carbons (Fsp3) is 0.304. The molecule has 0 heterocycles. The predicted molar refractivity (Wildman–Crippen MR) is 107 cm³/mol. The van der Waals surface area contributed by atoms with Crippen molar-refractivity contribution in [2.75, 3.05) is 0 Å². The van der Waals surface area contributed by atoms with Gasteiger partial charge in [-0.1, -0.05) is 80.5 Å². The molecule has 2 heteroatoms. The van der Waals surface area contributed by atoms with Gasteiger partial charge in [0, 0.05) is 16.2 Å². The summed E-state index contributed by atoms with van der Waals surface area (Å²) in [7, 11) is 0. The van der Waals surface area contributed by atoms with E-state index in [4.69, 9.17) is 11.6 Å². The van der Waals surface area contributed by atoms with Crippen LogP contribution in [0.4, 0.5) is 0 Å². The highest BCUT2D eigenvalue weighted by molar-refractivity contribution is 6.30. The van der Waals surface area contributed by atoms with Gasteiger partial charge in [0.15, 0.2) is 0 Å². The van der Waals surface area contributed by atoms with E-state index in [0.717, 1.165) is 48.0 Å². The smallest absolute Gasteiger partial charge is 0.101 e. The second-order valence-corrected chi connectivity index (χ2v) is 6.51. The molecule has 0 bridgehead atoms. The van der Waals surface area contributed by atoms with Crippen LogP contribution in [0.15, 0.2) is 65.7 Å². The van der Waals surface area contributed by atoms with Crippen molar-refractivity contribution in [1.29, 1.82) is 0 Å². The Morgan fingerprint density at radius 2 is 1.60 bits per heavy atom. The largest absolute Gasteiger partial charge is 0.384 e. The molecule has 2 aromatic rings. The summed E-state index contributed by atoms with van der Waals surface area (Å²) < 4.78 is 0. The molecular weight excluding hydrogens is 328 g/mol. The molecule has 1 nitrogen and oxygen atoms in total. The van der Waals surface area contributed by atoms with Gasteiger partial charge >= 0.3 is 0 Å². The molecule has 1 atom stereocenters. The molecule has 25 heavy (non-hydrogen) atoms. The van der Waals surface area contributed by atoms with Crippen molar-refractivity contribution in [3.8, 4) is 11.8 Å². The number of allylic oxidation sites excluding steroid dienone is 1. The predicted octanol–water partition coefficient (Wildman–Crippen LogP) is 6.32. The van der Waals surface area contributed by atoms with Crippen molar-refractivity contribution in [3.63, 3.8) is 0 Å². The first kappa shape index (κ1) is 19.3. The molecule has 1 N–H and O–H groups in total. The molecule has 0 fully saturated rings. The van der Waals surface area contributed by atoms with E-state index < -0.39 is 6.10 Å². The van der Waals surface area contributed by atoms with Crippen molar-refractivity contribution in [2.45, 2.75) is 45.6 Å². The molecule has 0 radical (unpaired) electrons. The molecular formula is C23H25ClO. The Balaban J connectivity index is 2.41. The maximum atomic E-state index is 10.9. The van der Waals surface area contributed by atoms with Gasteiger partial charge in [-0.3, -0.25) is 0 Å². The van der Waals surface area contributed by atoms with Gasteiger partial charge in [-0.15, -0.1) is 0 Å². The van der Waals surface area contributed by atoms with Gasteiger partial charge < -0.3 is 5.11 Å². The summed E-state index contributed by atoms with van der Waals surface area (Å²) in [6.45, 7) is 4.27. The van der Waals surface area contributed by atoms with Crippen LogP contribution < -0.4 is 0 Å². The normalized spacial score (nSPS) is 12.8. The van der Waals surface area contributed by atoms with Crippen LogP contribution in [0.3, 0.4) is 0 Å². The summed E-state index contributed by atoms with van der Waals surface area (Å²) in [5, 5.41) is 11.6. The number of halogens is 1.